The molecule has 0 spiro atoms. The van der Waals surface area contributed by atoms with Gasteiger partial charge in [-0.25, -0.2) is 0 Å². The van der Waals surface area contributed by atoms with E-state index in [2.05, 4.69) is 68.1 Å². The summed E-state index contributed by atoms with van der Waals surface area (Å²) in [7, 11) is 1.74. The summed E-state index contributed by atoms with van der Waals surface area (Å²) in [6, 6.07) is 20.9. The van der Waals surface area contributed by atoms with Crippen LogP contribution in [-0.4, -0.2) is 36.8 Å². The topological polar surface area (TPSA) is 41.9 Å². The van der Waals surface area contributed by atoms with Gasteiger partial charge in [0, 0.05) is 12.1 Å². The molecule has 5 rings (SSSR count). The summed E-state index contributed by atoms with van der Waals surface area (Å²) in [6.07, 6.45) is 5.53. The van der Waals surface area contributed by atoms with E-state index in [1.807, 2.05) is 12.1 Å². The Balaban J connectivity index is 1.19. The minimum Gasteiger partial charge on any atom is -0.508 e. The first-order valence-electron chi connectivity index (χ1n) is 14.5. The maximum Gasteiger partial charge on any atom is 0.125 e. The van der Waals surface area contributed by atoms with Crippen LogP contribution in [0.15, 0.2) is 66.2 Å². The van der Waals surface area contributed by atoms with Crippen molar-refractivity contribution in [2.45, 2.75) is 65.4 Å². The quantitative estimate of drug-likeness (QED) is 0.310. The number of phenolic OH excluding ortho intramolecular Hbond substituents is 1. The molecule has 3 aromatic rings. The molecule has 1 saturated heterocycles. The summed E-state index contributed by atoms with van der Waals surface area (Å²) in [5.41, 5.74) is 9.41. The minimum absolute atomic E-state index is 0.376. The Hall–Kier alpha value is -3.24. The van der Waals surface area contributed by atoms with Crippen molar-refractivity contribution in [3.8, 4) is 17.2 Å². The van der Waals surface area contributed by atoms with Crippen LogP contribution in [0.4, 0.5) is 0 Å². The van der Waals surface area contributed by atoms with Gasteiger partial charge in [0.2, 0.25) is 0 Å². The van der Waals surface area contributed by atoms with E-state index in [4.69, 9.17) is 9.47 Å². The second kappa shape index (κ2) is 12.3. The van der Waals surface area contributed by atoms with Gasteiger partial charge in [-0.15, -0.1) is 0 Å². The lowest BCUT2D eigenvalue weighted by atomic mass is 9.85. The summed E-state index contributed by atoms with van der Waals surface area (Å²) in [6.45, 7) is 10.5. The molecule has 0 bridgehead atoms. The van der Waals surface area contributed by atoms with Crippen LogP contribution in [0, 0.1) is 5.92 Å². The zero-order chi connectivity index (χ0) is 27.4. The van der Waals surface area contributed by atoms with Crippen molar-refractivity contribution in [2.75, 3.05) is 26.7 Å². The Kier molecular flexibility index (Phi) is 8.62. The molecule has 0 radical (unpaired) electrons. The smallest absolute Gasteiger partial charge is 0.125 e. The van der Waals surface area contributed by atoms with Crippen molar-refractivity contribution in [1.82, 2.24) is 4.90 Å². The first-order valence-corrected chi connectivity index (χ1v) is 14.5. The van der Waals surface area contributed by atoms with Gasteiger partial charge in [0.15, 0.2) is 0 Å². The van der Waals surface area contributed by atoms with Crippen molar-refractivity contribution in [2.24, 2.45) is 5.92 Å². The highest BCUT2D eigenvalue weighted by Gasteiger charge is 2.24. The molecular weight excluding hydrogens is 482 g/mol. The van der Waals surface area contributed by atoms with Crippen LogP contribution in [0.5, 0.6) is 17.2 Å². The standard InChI is InChI=1S/C35H43NO3/c1-24(2)18-26-8-9-31(35(19-26)38-4)23-39-33-12-13-34-25(3)30(11-10-29(34)21-33)22-36-16-14-27(15-17-36)28-6-5-7-32(37)20-28/h5-9,12-13,19-21,24,27,37H,10-11,14-18,22-23H2,1-4H3. The molecule has 1 fully saturated rings. The van der Waals surface area contributed by atoms with E-state index in [1.54, 1.807) is 18.7 Å². The molecule has 0 amide bonds. The Bertz CT molecular complexity index is 1320. The summed E-state index contributed by atoms with van der Waals surface area (Å²) in [4.78, 5) is 2.61. The van der Waals surface area contributed by atoms with E-state index in [0.717, 1.165) is 68.8 Å². The number of rotatable bonds is 9. The number of aromatic hydroxyl groups is 1. The lowest BCUT2D eigenvalue weighted by molar-refractivity contribution is 0.226. The van der Waals surface area contributed by atoms with E-state index in [1.165, 1.54) is 27.8 Å². The number of fused-ring (bicyclic) bond motifs is 1. The normalized spacial score (nSPS) is 16.4. The first-order chi connectivity index (χ1) is 18.9. The highest BCUT2D eigenvalue weighted by atomic mass is 16.5. The fourth-order valence-corrected chi connectivity index (χ4v) is 6.23. The van der Waals surface area contributed by atoms with Gasteiger partial charge in [-0.3, -0.25) is 4.90 Å². The summed E-state index contributed by atoms with van der Waals surface area (Å²) >= 11 is 0. The lowest BCUT2D eigenvalue weighted by Gasteiger charge is -2.34. The third-order valence-corrected chi connectivity index (χ3v) is 8.44. The van der Waals surface area contributed by atoms with E-state index >= 15 is 0 Å². The van der Waals surface area contributed by atoms with E-state index < -0.39 is 0 Å². The minimum atomic E-state index is 0.376. The molecule has 0 saturated carbocycles. The summed E-state index contributed by atoms with van der Waals surface area (Å²) in [5.74, 6) is 3.37. The molecule has 0 unspecified atom stereocenters. The Labute approximate surface area is 234 Å². The van der Waals surface area contributed by atoms with Gasteiger partial charge in [0.1, 0.15) is 23.9 Å². The molecular formula is C35H43NO3. The molecule has 206 valence electrons. The van der Waals surface area contributed by atoms with Crippen LogP contribution in [0.3, 0.4) is 0 Å². The first kappa shape index (κ1) is 27.3. The highest BCUT2D eigenvalue weighted by molar-refractivity contribution is 5.72. The summed E-state index contributed by atoms with van der Waals surface area (Å²) < 4.78 is 11.9. The third kappa shape index (κ3) is 6.67. The summed E-state index contributed by atoms with van der Waals surface area (Å²) in [5, 5.41) is 9.85. The molecule has 2 aliphatic rings. The molecule has 3 aromatic carbocycles. The largest absolute Gasteiger partial charge is 0.508 e. The molecule has 0 atom stereocenters. The maximum atomic E-state index is 9.85. The number of hydrogen-bond donors (Lipinski definition) is 1. The third-order valence-electron chi connectivity index (χ3n) is 8.44. The lowest BCUT2D eigenvalue weighted by Crippen LogP contribution is -2.35. The Morgan fingerprint density at radius 2 is 1.79 bits per heavy atom. The van der Waals surface area contributed by atoms with E-state index in [0.29, 0.717) is 24.2 Å². The highest BCUT2D eigenvalue weighted by Crippen LogP contribution is 2.36. The Morgan fingerprint density at radius 3 is 2.54 bits per heavy atom. The second-order valence-electron chi connectivity index (χ2n) is 11.7. The number of allylic oxidation sites excluding steroid dienone is 1. The molecule has 0 aromatic heterocycles. The van der Waals surface area contributed by atoms with Gasteiger partial charge in [-0.2, -0.15) is 0 Å². The molecule has 4 heteroatoms. The van der Waals surface area contributed by atoms with Crippen molar-refractivity contribution in [3.63, 3.8) is 0 Å². The van der Waals surface area contributed by atoms with Crippen LogP contribution in [-0.2, 0) is 19.4 Å². The number of ether oxygens (including phenoxy) is 2. The van der Waals surface area contributed by atoms with Crippen LogP contribution in [0.2, 0.25) is 0 Å². The zero-order valence-electron chi connectivity index (χ0n) is 24.0. The number of hydrogen-bond acceptors (Lipinski definition) is 4. The fraction of sp³-hybridized carbons (Fsp3) is 0.429. The van der Waals surface area contributed by atoms with Crippen molar-refractivity contribution in [1.29, 1.82) is 0 Å². The number of methoxy groups -OCH3 is 1. The van der Waals surface area contributed by atoms with Crippen molar-refractivity contribution >= 4 is 5.57 Å². The van der Waals surface area contributed by atoms with Gasteiger partial charge >= 0.3 is 0 Å². The predicted octanol–water partition coefficient (Wildman–Crippen LogP) is 7.78. The Morgan fingerprint density at radius 1 is 0.974 bits per heavy atom. The van der Waals surface area contributed by atoms with Gasteiger partial charge in [-0.05, 0) is 122 Å². The van der Waals surface area contributed by atoms with Crippen molar-refractivity contribution < 1.29 is 14.6 Å². The van der Waals surface area contributed by atoms with Gasteiger partial charge in [-0.1, -0.05) is 49.8 Å². The van der Waals surface area contributed by atoms with Gasteiger partial charge in [0.25, 0.3) is 0 Å². The maximum absolute atomic E-state index is 9.85. The zero-order valence-corrected chi connectivity index (χ0v) is 24.0. The monoisotopic (exact) mass is 525 g/mol. The van der Waals surface area contributed by atoms with E-state index in [9.17, 15) is 5.11 Å². The van der Waals surface area contributed by atoms with Crippen LogP contribution in [0.25, 0.3) is 5.57 Å². The second-order valence-corrected chi connectivity index (χ2v) is 11.7. The fourth-order valence-electron chi connectivity index (χ4n) is 6.23. The van der Waals surface area contributed by atoms with Crippen molar-refractivity contribution in [3.05, 3.63) is 94.1 Å². The molecule has 1 aliphatic carbocycles. The number of benzene rings is 3. The predicted molar refractivity (Wildman–Crippen MR) is 160 cm³/mol. The van der Waals surface area contributed by atoms with Gasteiger partial charge in [0.05, 0.1) is 7.11 Å². The van der Waals surface area contributed by atoms with Crippen LogP contribution >= 0.6 is 0 Å². The average molecular weight is 526 g/mol. The molecule has 4 nitrogen and oxygen atoms in total. The van der Waals surface area contributed by atoms with Crippen LogP contribution in [0.1, 0.15) is 73.8 Å². The number of phenols is 1. The number of aryl methyl sites for hydroxylation is 1. The van der Waals surface area contributed by atoms with Gasteiger partial charge < -0.3 is 14.6 Å². The molecule has 1 aliphatic heterocycles. The SMILES string of the molecule is COc1cc(CC(C)C)ccc1COc1ccc2c(c1)CCC(CN1CCC(c3cccc(O)c3)CC1)=C2C. The number of nitrogens with zero attached hydrogens (tertiary/aromatic N) is 1. The molecule has 1 N–H and O–H groups in total. The molecule has 39 heavy (non-hydrogen) atoms. The van der Waals surface area contributed by atoms with Crippen LogP contribution < -0.4 is 9.47 Å². The van der Waals surface area contributed by atoms with E-state index in [-0.39, 0.29) is 0 Å². The molecule has 1 heterocycles. The average Bonchev–Trinajstić information content (AvgIpc) is 2.94. The number of likely N-dealkylation sites (tertiary alicyclic amines) is 1. The number of piperidine rings is 1.